The number of piperazine rings is 1. The van der Waals surface area contributed by atoms with Crippen LogP contribution in [0.1, 0.15) is 0 Å². The fourth-order valence-electron chi connectivity index (χ4n) is 1.74. The molecule has 1 N–H and O–H groups in total. The molecule has 0 radical (unpaired) electrons. The molecule has 0 atom stereocenters. The summed E-state index contributed by atoms with van der Waals surface area (Å²) < 4.78 is 0. The Morgan fingerprint density at radius 2 is 2.06 bits per heavy atom. The molecule has 16 heavy (non-hydrogen) atoms. The average molecular weight is 242 g/mol. The number of nitrogens with zero attached hydrogens (tertiary/aromatic N) is 4. The van der Waals surface area contributed by atoms with Crippen LogP contribution in [0, 0.1) is 0 Å². The summed E-state index contributed by atoms with van der Waals surface area (Å²) in [5, 5.41) is 12.1. The summed E-state index contributed by atoms with van der Waals surface area (Å²) >= 11 is 6.33. The maximum Gasteiger partial charge on any atom is 0.172 e. The first-order valence-electron chi connectivity index (χ1n) is 5.34. The lowest BCUT2D eigenvalue weighted by atomic mass is 10.3. The van der Waals surface area contributed by atoms with Crippen molar-refractivity contribution in [2.75, 3.05) is 50.1 Å². The summed E-state index contributed by atoms with van der Waals surface area (Å²) in [6, 6.07) is 0. The van der Waals surface area contributed by atoms with Crippen molar-refractivity contribution in [2.24, 2.45) is 0 Å². The van der Waals surface area contributed by atoms with Gasteiger partial charge in [0.05, 0.1) is 11.9 Å². The third kappa shape index (κ3) is 2.20. The first-order valence-corrected chi connectivity index (χ1v) is 5.72. The van der Waals surface area contributed by atoms with Gasteiger partial charge in [0.25, 0.3) is 0 Å². The van der Waals surface area contributed by atoms with Crippen molar-refractivity contribution >= 4 is 23.1 Å². The zero-order valence-electron chi connectivity index (χ0n) is 9.57. The van der Waals surface area contributed by atoms with Crippen molar-refractivity contribution in [3.05, 3.63) is 11.2 Å². The maximum absolute atomic E-state index is 6.33. The minimum Gasteiger partial charge on any atom is -0.375 e. The molecule has 0 bridgehead atoms. The van der Waals surface area contributed by atoms with Gasteiger partial charge >= 0.3 is 0 Å². The van der Waals surface area contributed by atoms with E-state index in [-0.39, 0.29) is 0 Å². The van der Waals surface area contributed by atoms with Gasteiger partial charge in [0, 0.05) is 40.3 Å². The molecule has 1 saturated heterocycles. The van der Waals surface area contributed by atoms with Crippen molar-refractivity contribution in [1.29, 1.82) is 0 Å². The highest BCUT2D eigenvalue weighted by molar-refractivity contribution is 6.35. The van der Waals surface area contributed by atoms with Crippen LogP contribution < -0.4 is 15.1 Å². The maximum atomic E-state index is 6.33. The number of anilines is 2. The van der Waals surface area contributed by atoms with E-state index in [0.29, 0.717) is 5.02 Å². The Morgan fingerprint density at radius 3 is 2.69 bits per heavy atom. The van der Waals surface area contributed by atoms with Crippen molar-refractivity contribution < 1.29 is 0 Å². The van der Waals surface area contributed by atoms with Crippen molar-refractivity contribution in [2.45, 2.75) is 0 Å². The molecule has 88 valence electrons. The lowest BCUT2D eigenvalue weighted by Crippen LogP contribution is -2.44. The molecule has 0 amide bonds. The minimum atomic E-state index is 0.682. The summed E-state index contributed by atoms with van der Waals surface area (Å²) in [6.07, 6.45) is 1.69. The summed E-state index contributed by atoms with van der Waals surface area (Å²) in [7, 11) is 3.90. The lowest BCUT2D eigenvalue weighted by molar-refractivity contribution is 0.582. The zero-order chi connectivity index (χ0) is 11.5. The number of hydrogen-bond donors (Lipinski definition) is 1. The van der Waals surface area contributed by atoms with Crippen molar-refractivity contribution in [3.8, 4) is 0 Å². The quantitative estimate of drug-likeness (QED) is 0.822. The fourth-order valence-corrected chi connectivity index (χ4v) is 2.12. The van der Waals surface area contributed by atoms with Gasteiger partial charge in [-0.15, -0.1) is 5.10 Å². The molecular weight excluding hydrogens is 226 g/mol. The molecule has 0 saturated carbocycles. The van der Waals surface area contributed by atoms with Crippen LogP contribution in [0.5, 0.6) is 0 Å². The smallest absolute Gasteiger partial charge is 0.172 e. The summed E-state index contributed by atoms with van der Waals surface area (Å²) in [4.78, 5) is 4.11. The van der Waals surface area contributed by atoms with Gasteiger partial charge in [-0.25, -0.2) is 0 Å². The van der Waals surface area contributed by atoms with Gasteiger partial charge in [0.1, 0.15) is 5.02 Å². The number of aromatic nitrogens is 2. The average Bonchev–Trinajstić information content (AvgIpc) is 2.30. The van der Waals surface area contributed by atoms with Crippen LogP contribution in [0.4, 0.5) is 11.5 Å². The first kappa shape index (κ1) is 11.4. The predicted octanol–water partition coefficient (Wildman–Crippen LogP) is 0.606. The van der Waals surface area contributed by atoms with Gasteiger partial charge in [-0.1, -0.05) is 11.6 Å². The predicted molar refractivity (Wildman–Crippen MR) is 66.5 cm³/mol. The second kappa shape index (κ2) is 4.84. The van der Waals surface area contributed by atoms with E-state index < -0.39 is 0 Å². The highest BCUT2D eigenvalue weighted by atomic mass is 35.5. The minimum absolute atomic E-state index is 0.682. The van der Waals surface area contributed by atoms with Gasteiger partial charge in [-0.3, -0.25) is 0 Å². The number of nitrogens with one attached hydrogen (secondary N) is 1. The Labute approximate surface area is 100 Å². The van der Waals surface area contributed by atoms with Gasteiger partial charge in [0.2, 0.25) is 0 Å². The number of halogens is 1. The first-order chi connectivity index (χ1) is 7.70. The van der Waals surface area contributed by atoms with Crippen LogP contribution in [-0.2, 0) is 0 Å². The van der Waals surface area contributed by atoms with Crippen LogP contribution in [0.3, 0.4) is 0 Å². The van der Waals surface area contributed by atoms with E-state index in [1.807, 2.05) is 19.0 Å². The molecule has 1 aliphatic heterocycles. The Hall–Kier alpha value is -1.07. The Bertz CT molecular complexity index is 362. The molecule has 1 aromatic heterocycles. The van der Waals surface area contributed by atoms with Gasteiger partial charge in [-0.05, 0) is 0 Å². The SMILES string of the molecule is CN(C)c1cnnc(N2CCNCC2)c1Cl. The van der Waals surface area contributed by atoms with E-state index >= 15 is 0 Å². The molecule has 0 aliphatic carbocycles. The van der Waals surface area contributed by atoms with Crippen LogP contribution in [0.2, 0.25) is 5.02 Å². The second-order valence-corrected chi connectivity index (χ2v) is 4.38. The molecule has 0 spiro atoms. The van der Waals surface area contributed by atoms with E-state index in [1.54, 1.807) is 6.20 Å². The topological polar surface area (TPSA) is 44.3 Å². The van der Waals surface area contributed by atoms with Gasteiger partial charge in [-0.2, -0.15) is 5.10 Å². The largest absolute Gasteiger partial charge is 0.375 e. The molecule has 1 aromatic rings. The van der Waals surface area contributed by atoms with Gasteiger partial charge in [0.15, 0.2) is 5.82 Å². The molecule has 1 fully saturated rings. The van der Waals surface area contributed by atoms with Crippen LogP contribution in [-0.4, -0.2) is 50.5 Å². The van der Waals surface area contributed by atoms with Gasteiger partial charge < -0.3 is 15.1 Å². The molecule has 1 aliphatic rings. The third-order valence-corrected chi connectivity index (χ3v) is 3.01. The van der Waals surface area contributed by atoms with Crippen LogP contribution in [0.15, 0.2) is 6.20 Å². The third-order valence-electron chi connectivity index (χ3n) is 2.65. The summed E-state index contributed by atoms with van der Waals surface area (Å²) in [5.74, 6) is 0.786. The number of hydrogen-bond acceptors (Lipinski definition) is 5. The van der Waals surface area contributed by atoms with Crippen molar-refractivity contribution in [3.63, 3.8) is 0 Å². The second-order valence-electron chi connectivity index (χ2n) is 4.00. The molecule has 0 unspecified atom stereocenters. The van der Waals surface area contributed by atoms with E-state index in [2.05, 4.69) is 20.4 Å². The zero-order valence-corrected chi connectivity index (χ0v) is 10.3. The molecular formula is C10H16ClN5. The number of rotatable bonds is 2. The molecule has 5 nitrogen and oxygen atoms in total. The lowest BCUT2D eigenvalue weighted by Gasteiger charge is -2.29. The molecule has 2 heterocycles. The highest BCUT2D eigenvalue weighted by Gasteiger charge is 2.18. The van der Waals surface area contributed by atoms with E-state index in [1.165, 1.54) is 0 Å². The summed E-state index contributed by atoms with van der Waals surface area (Å²) in [5.41, 5.74) is 0.908. The molecule has 0 aromatic carbocycles. The monoisotopic (exact) mass is 241 g/mol. The highest BCUT2D eigenvalue weighted by Crippen LogP contribution is 2.31. The van der Waals surface area contributed by atoms with E-state index in [9.17, 15) is 0 Å². The fraction of sp³-hybridized carbons (Fsp3) is 0.600. The Balaban J connectivity index is 2.29. The normalized spacial score (nSPS) is 16.3. The Morgan fingerprint density at radius 1 is 1.38 bits per heavy atom. The van der Waals surface area contributed by atoms with E-state index in [4.69, 9.17) is 11.6 Å². The van der Waals surface area contributed by atoms with Crippen LogP contribution in [0.25, 0.3) is 0 Å². The van der Waals surface area contributed by atoms with Crippen molar-refractivity contribution in [1.82, 2.24) is 15.5 Å². The standard InChI is InChI=1S/C10H16ClN5/c1-15(2)8-7-13-14-10(9(8)11)16-5-3-12-4-6-16/h7,12H,3-6H2,1-2H3. The Kier molecular flexibility index (Phi) is 3.46. The van der Waals surface area contributed by atoms with Crippen LogP contribution >= 0.6 is 11.6 Å². The summed E-state index contributed by atoms with van der Waals surface area (Å²) in [6.45, 7) is 3.77. The molecule has 6 heteroatoms. The molecule has 2 rings (SSSR count). The van der Waals surface area contributed by atoms with E-state index in [0.717, 1.165) is 37.7 Å².